The van der Waals surface area contributed by atoms with Crippen LogP contribution >= 0.6 is 0 Å². The van der Waals surface area contributed by atoms with E-state index in [1.54, 1.807) is 35.2 Å². The van der Waals surface area contributed by atoms with Crippen molar-refractivity contribution in [1.29, 1.82) is 0 Å². The summed E-state index contributed by atoms with van der Waals surface area (Å²) in [4.78, 5) is 15.4. The Labute approximate surface area is 171 Å². The van der Waals surface area contributed by atoms with E-state index in [2.05, 4.69) is 0 Å². The number of rotatable bonds is 3. The van der Waals surface area contributed by atoms with E-state index in [9.17, 15) is 17.6 Å². The summed E-state index contributed by atoms with van der Waals surface area (Å²) in [5, 5.41) is 0. The van der Waals surface area contributed by atoms with E-state index in [-0.39, 0.29) is 22.7 Å². The molecule has 2 aromatic rings. The molecule has 154 valence electrons. The van der Waals surface area contributed by atoms with E-state index in [0.717, 1.165) is 17.5 Å². The highest BCUT2D eigenvalue weighted by Gasteiger charge is 2.43. The fraction of sp³-hybridized carbons (Fsp3) is 0.409. The second-order valence-corrected chi connectivity index (χ2v) is 9.85. The molecule has 2 aliphatic rings. The fourth-order valence-corrected chi connectivity index (χ4v) is 5.99. The number of nitrogens with zero attached hydrogens (tertiary/aromatic N) is 2. The molecule has 1 saturated heterocycles. The second kappa shape index (κ2) is 7.54. The highest BCUT2D eigenvalue weighted by molar-refractivity contribution is 7.89. The Bertz CT molecular complexity index is 1040. The molecule has 2 heterocycles. The number of hydrogen-bond acceptors (Lipinski definition) is 3. The molecule has 2 aromatic carbocycles. The summed E-state index contributed by atoms with van der Waals surface area (Å²) in [6.07, 6.45) is 2.55. The van der Waals surface area contributed by atoms with Crippen LogP contribution in [0.2, 0.25) is 0 Å². The summed E-state index contributed by atoms with van der Waals surface area (Å²) >= 11 is 0. The van der Waals surface area contributed by atoms with Gasteiger partial charge in [-0.05, 0) is 75.4 Å². The number of carbonyl (C=O) groups is 1. The highest BCUT2D eigenvalue weighted by atomic mass is 32.2. The molecule has 0 saturated carbocycles. The molecule has 2 atom stereocenters. The molecule has 29 heavy (non-hydrogen) atoms. The van der Waals surface area contributed by atoms with Crippen molar-refractivity contribution < 1.29 is 17.6 Å². The monoisotopic (exact) mass is 416 g/mol. The van der Waals surface area contributed by atoms with E-state index in [0.29, 0.717) is 31.5 Å². The molecule has 4 rings (SSSR count). The van der Waals surface area contributed by atoms with Gasteiger partial charge in [0.2, 0.25) is 15.9 Å². The lowest BCUT2D eigenvalue weighted by Crippen LogP contribution is -2.52. The van der Waals surface area contributed by atoms with Gasteiger partial charge in [-0.2, -0.15) is 4.31 Å². The highest BCUT2D eigenvalue weighted by Crippen LogP contribution is 2.35. The van der Waals surface area contributed by atoms with Crippen molar-refractivity contribution in [1.82, 2.24) is 4.31 Å². The van der Waals surface area contributed by atoms with Crippen LogP contribution in [0.5, 0.6) is 0 Å². The zero-order valence-electron chi connectivity index (χ0n) is 16.6. The van der Waals surface area contributed by atoms with Crippen molar-refractivity contribution in [2.45, 2.75) is 56.5 Å². The first-order valence-corrected chi connectivity index (χ1v) is 11.4. The minimum atomic E-state index is -3.76. The normalized spacial score (nSPS) is 22.5. The van der Waals surface area contributed by atoms with Crippen molar-refractivity contribution in [3.8, 4) is 0 Å². The maximum atomic E-state index is 13.7. The quantitative estimate of drug-likeness (QED) is 0.767. The summed E-state index contributed by atoms with van der Waals surface area (Å²) in [6, 6.07) is 10.4. The summed E-state index contributed by atoms with van der Waals surface area (Å²) in [6.45, 7) is 4.18. The van der Waals surface area contributed by atoms with Crippen LogP contribution in [0, 0.1) is 12.7 Å². The summed E-state index contributed by atoms with van der Waals surface area (Å²) < 4.78 is 41.4. The Morgan fingerprint density at radius 3 is 2.55 bits per heavy atom. The van der Waals surface area contributed by atoms with Crippen LogP contribution in [0.4, 0.5) is 10.1 Å². The zero-order valence-corrected chi connectivity index (χ0v) is 17.5. The first kappa shape index (κ1) is 20.0. The van der Waals surface area contributed by atoms with Gasteiger partial charge in [-0.1, -0.05) is 17.7 Å². The average molecular weight is 417 g/mol. The SMILES string of the molecule is Cc1ccc(S(=O)(=O)N2CCC[C@H]2C(=O)N2c3ccc(F)cc3CC[C@H]2C)cc1. The number of aryl methyl sites for hydroxylation is 2. The van der Waals surface area contributed by atoms with Gasteiger partial charge in [0.15, 0.2) is 0 Å². The predicted molar refractivity (Wildman–Crippen MR) is 110 cm³/mol. The molecule has 7 heteroatoms. The lowest BCUT2D eigenvalue weighted by Gasteiger charge is -2.38. The molecule has 0 N–H and O–H groups in total. The summed E-state index contributed by atoms with van der Waals surface area (Å²) in [5.41, 5.74) is 2.46. The van der Waals surface area contributed by atoms with Crippen LogP contribution < -0.4 is 4.90 Å². The summed E-state index contributed by atoms with van der Waals surface area (Å²) in [5.74, 6) is -0.548. The zero-order chi connectivity index (χ0) is 20.8. The molecule has 0 unspecified atom stereocenters. The van der Waals surface area contributed by atoms with E-state index in [1.165, 1.54) is 16.4 Å². The van der Waals surface area contributed by atoms with Crippen molar-refractivity contribution in [2.24, 2.45) is 0 Å². The van der Waals surface area contributed by atoms with E-state index >= 15 is 0 Å². The van der Waals surface area contributed by atoms with Crippen LogP contribution in [0.25, 0.3) is 0 Å². The number of hydrogen-bond donors (Lipinski definition) is 0. The molecule has 1 fully saturated rings. The minimum absolute atomic E-state index is 0.0648. The lowest BCUT2D eigenvalue weighted by molar-refractivity contribution is -0.122. The third-order valence-electron chi connectivity index (χ3n) is 5.93. The third-order valence-corrected chi connectivity index (χ3v) is 7.85. The number of carbonyl (C=O) groups excluding carboxylic acids is 1. The number of amides is 1. The molecule has 0 aromatic heterocycles. The molecule has 5 nitrogen and oxygen atoms in total. The standard InChI is InChI=1S/C22H25FN2O3S/c1-15-5-10-19(11-6-15)29(27,28)24-13-3-4-21(24)22(26)25-16(2)7-8-17-14-18(23)9-12-20(17)25/h5-6,9-12,14,16,21H,3-4,7-8,13H2,1-2H3/t16-,21+/m1/s1. The second-order valence-electron chi connectivity index (χ2n) is 7.96. The van der Waals surface area contributed by atoms with Gasteiger partial charge in [0.1, 0.15) is 11.9 Å². The van der Waals surface area contributed by atoms with E-state index < -0.39 is 16.1 Å². The van der Waals surface area contributed by atoms with Crippen molar-refractivity contribution in [3.63, 3.8) is 0 Å². The van der Waals surface area contributed by atoms with Crippen molar-refractivity contribution in [2.75, 3.05) is 11.4 Å². The van der Waals surface area contributed by atoms with Gasteiger partial charge in [0, 0.05) is 18.3 Å². The Balaban J connectivity index is 1.67. The molecule has 0 spiro atoms. The largest absolute Gasteiger partial charge is 0.308 e. The Kier molecular flexibility index (Phi) is 5.21. The number of halogens is 1. The molecule has 0 bridgehead atoms. The molecular formula is C22H25FN2O3S. The van der Waals surface area contributed by atoms with Gasteiger partial charge in [-0.25, -0.2) is 12.8 Å². The van der Waals surface area contributed by atoms with Crippen LogP contribution in [0.15, 0.2) is 47.4 Å². The smallest absolute Gasteiger partial charge is 0.245 e. The molecule has 1 amide bonds. The van der Waals surface area contributed by atoms with Gasteiger partial charge in [-0.3, -0.25) is 4.79 Å². The first-order chi connectivity index (χ1) is 13.8. The van der Waals surface area contributed by atoms with Crippen LogP contribution in [0.1, 0.15) is 37.3 Å². The van der Waals surface area contributed by atoms with Gasteiger partial charge >= 0.3 is 0 Å². The Morgan fingerprint density at radius 2 is 1.83 bits per heavy atom. The van der Waals surface area contributed by atoms with E-state index in [1.807, 2.05) is 13.8 Å². The van der Waals surface area contributed by atoms with Gasteiger partial charge in [0.05, 0.1) is 4.90 Å². The third kappa shape index (κ3) is 3.57. The van der Waals surface area contributed by atoms with E-state index in [4.69, 9.17) is 0 Å². The van der Waals surface area contributed by atoms with Crippen LogP contribution in [-0.2, 0) is 21.2 Å². The van der Waals surface area contributed by atoms with Crippen LogP contribution in [0.3, 0.4) is 0 Å². The van der Waals surface area contributed by atoms with Gasteiger partial charge in [0.25, 0.3) is 0 Å². The number of sulfonamides is 1. The maximum absolute atomic E-state index is 13.7. The molecular weight excluding hydrogens is 391 g/mol. The maximum Gasteiger partial charge on any atom is 0.245 e. The van der Waals surface area contributed by atoms with Crippen LogP contribution in [-0.4, -0.2) is 37.3 Å². The minimum Gasteiger partial charge on any atom is -0.308 e. The predicted octanol–water partition coefficient (Wildman–Crippen LogP) is 3.66. The van der Waals surface area contributed by atoms with Crippen molar-refractivity contribution >= 4 is 21.6 Å². The Morgan fingerprint density at radius 1 is 1.10 bits per heavy atom. The molecule has 0 radical (unpaired) electrons. The number of fused-ring (bicyclic) bond motifs is 1. The topological polar surface area (TPSA) is 57.7 Å². The molecule has 0 aliphatic carbocycles. The average Bonchev–Trinajstić information content (AvgIpc) is 3.19. The fourth-order valence-electron chi connectivity index (χ4n) is 4.34. The number of anilines is 1. The number of benzene rings is 2. The Hall–Kier alpha value is -2.25. The lowest BCUT2D eigenvalue weighted by atomic mass is 9.95. The first-order valence-electron chi connectivity index (χ1n) is 9.99. The van der Waals surface area contributed by atoms with Gasteiger partial charge in [-0.15, -0.1) is 0 Å². The summed E-state index contributed by atoms with van der Waals surface area (Å²) in [7, 11) is -3.76. The van der Waals surface area contributed by atoms with Gasteiger partial charge < -0.3 is 4.90 Å². The molecule has 2 aliphatic heterocycles. The van der Waals surface area contributed by atoms with Crippen molar-refractivity contribution in [3.05, 3.63) is 59.4 Å².